The highest BCUT2D eigenvalue weighted by Gasteiger charge is 2.24. The van der Waals surface area contributed by atoms with Gasteiger partial charge in [0, 0.05) is 31.7 Å². The second-order valence-corrected chi connectivity index (χ2v) is 6.13. The van der Waals surface area contributed by atoms with Crippen molar-refractivity contribution in [2.45, 2.75) is 52.2 Å². The molecule has 1 fully saturated rings. The third-order valence-electron chi connectivity index (χ3n) is 4.22. The van der Waals surface area contributed by atoms with Crippen LogP contribution < -0.4 is 5.32 Å². The standard InChI is InChI=1S/C17H28N2/c1-4-17(14(2)3)18-16-10-11-19(13-16)12-15-8-6-5-7-9-15/h5-9,14,16-18H,4,10-13H2,1-3H3. The van der Waals surface area contributed by atoms with E-state index in [0.717, 1.165) is 12.5 Å². The maximum atomic E-state index is 3.84. The summed E-state index contributed by atoms with van der Waals surface area (Å²) in [5.74, 6) is 0.730. The second kappa shape index (κ2) is 7.06. The van der Waals surface area contributed by atoms with Gasteiger partial charge in [-0.05, 0) is 24.3 Å². The van der Waals surface area contributed by atoms with Gasteiger partial charge in [-0.2, -0.15) is 0 Å². The van der Waals surface area contributed by atoms with Gasteiger partial charge in [-0.15, -0.1) is 0 Å². The van der Waals surface area contributed by atoms with E-state index in [2.05, 4.69) is 61.3 Å². The number of nitrogens with one attached hydrogen (secondary N) is 1. The number of benzene rings is 1. The first kappa shape index (κ1) is 14.5. The zero-order valence-corrected chi connectivity index (χ0v) is 12.6. The molecule has 0 saturated carbocycles. The summed E-state index contributed by atoms with van der Waals surface area (Å²) in [4.78, 5) is 2.57. The summed E-state index contributed by atoms with van der Waals surface area (Å²) in [6, 6.07) is 12.2. The first-order chi connectivity index (χ1) is 9.19. The Bertz CT molecular complexity index is 361. The van der Waals surface area contributed by atoms with Crippen molar-refractivity contribution in [1.29, 1.82) is 0 Å². The van der Waals surface area contributed by atoms with Crippen molar-refractivity contribution in [1.82, 2.24) is 10.2 Å². The first-order valence-electron chi connectivity index (χ1n) is 7.71. The van der Waals surface area contributed by atoms with Gasteiger partial charge in [-0.3, -0.25) is 4.90 Å². The molecule has 0 aromatic heterocycles. The molecule has 2 unspecified atom stereocenters. The van der Waals surface area contributed by atoms with Crippen molar-refractivity contribution in [3.8, 4) is 0 Å². The van der Waals surface area contributed by atoms with E-state index < -0.39 is 0 Å². The number of likely N-dealkylation sites (tertiary alicyclic amines) is 1. The average molecular weight is 260 g/mol. The lowest BCUT2D eigenvalue weighted by Gasteiger charge is -2.25. The molecule has 2 nitrogen and oxygen atoms in total. The van der Waals surface area contributed by atoms with Crippen LogP contribution in [0.2, 0.25) is 0 Å². The van der Waals surface area contributed by atoms with Gasteiger partial charge in [-0.1, -0.05) is 51.1 Å². The molecule has 2 atom stereocenters. The van der Waals surface area contributed by atoms with Gasteiger partial charge in [-0.25, -0.2) is 0 Å². The Morgan fingerprint density at radius 1 is 1.26 bits per heavy atom. The van der Waals surface area contributed by atoms with E-state index in [1.165, 1.54) is 31.5 Å². The van der Waals surface area contributed by atoms with Gasteiger partial charge >= 0.3 is 0 Å². The molecule has 1 aromatic rings. The minimum atomic E-state index is 0.668. The maximum absolute atomic E-state index is 3.84. The largest absolute Gasteiger partial charge is 0.310 e. The number of hydrogen-bond donors (Lipinski definition) is 1. The van der Waals surface area contributed by atoms with Gasteiger partial charge < -0.3 is 5.32 Å². The van der Waals surface area contributed by atoms with Gasteiger partial charge in [0.1, 0.15) is 0 Å². The van der Waals surface area contributed by atoms with Crippen LogP contribution in [0, 0.1) is 5.92 Å². The molecule has 0 radical (unpaired) electrons. The van der Waals surface area contributed by atoms with Crippen LogP contribution in [0.4, 0.5) is 0 Å². The quantitative estimate of drug-likeness (QED) is 0.844. The molecule has 1 aliphatic rings. The fraction of sp³-hybridized carbons (Fsp3) is 0.647. The average Bonchev–Trinajstić information content (AvgIpc) is 2.84. The Balaban J connectivity index is 1.80. The van der Waals surface area contributed by atoms with Crippen LogP contribution in [-0.2, 0) is 6.54 Å². The molecule has 1 aromatic carbocycles. The maximum Gasteiger partial charge on any atom is 0.0234 e. The highest BCUT2D eigenvalue weighted by atomic mass is 15.2. The molecule has 1 aliphatic heterocycles. The highest BCUT2D eigenvalue weighted by Crippen LogP contribution is 2.16. The van der Waals surface area contributed by atoms with Crippen molar-refractivity contribution >= 4 is 0 Å². The predicted octanol–water partition coefficient (Wildman–Crippen LogP) is 3.29. The lowest BCUT2D eigenvalue weighted by atomic mass is 10.0. The second-order valence-electron chi connectivity index (χ2n) is 6.13. The summed E-state index contributed by atoms with van der Waals surface area (Å²) in [7, 11) is 0. The van der Waals surface area contributed by atoms with Crippen LogP contribution in [0.15, 0.2) is 30.3 Å². The molecule has 0 bridgehead atoms. The van der Waals surface area contributed by atoms with Crippen molar-refractivity contribution in [2.75, 3.05) is 13.1 Å². The fourth-order valence-electron chi connectivity index (χ4n) is 3.04. The highest BCUT2D eigenvalue weighted by molar-refractivity contribution is 5.14. The molecule has 0 amide bonds. The third kappa shape index (κ3) is 4.32. The van der Waals surface area contributed by atoms with E-state index in [-0.39, 0.29) is 0 Å². The summed E-state index contributed by atoms with van der Waals surface area (Å²) in [6.45, 7) is 10.4. The molecule has 2 heteroatoms. The molecule has 2 rings (SSSR count). The van der Waals surface area contributed by atoms with Gasteiger partial charge in [0.15, 0.2) is 0 Å². The Labute approximate surface area is 118 Å². The SMILES string of the molecule is CCC(NC1CCN(Cc2ccccc2)C1)C(C)C. The smallest absolute Gasteiger partial charge is 0.0234 e. The first-order valence-corrected chi connectivity index (χ1v) is 7.71. The zero-order chi connectivity index (χ0) is 13.7. The topological polar surface area (TPSA) is 15.3 Å². The third-order valence-corrected chi connectivity index (χ3v) is 4.22. The summed E-state index contributed by atoms with van der Waals surface area (Å²) < 4.78 is 0. The van der Waals surface area contributed by atoms with E-state index in [0.29, 0.717) is 12.1 Å². The van der Waals surface area contributed by atoms with Gasteiger partial charge in [0.05, 0.1) is 0 Å². The fourth-order valence-corrected chi connectivity index (χ4v) is 3.04. The van der Waals surface area contributed by atoms with Gasteiger partial charge in [0.2, 0.25) is 0 Å². The van der Waals surface area contributed by atoms with E-state index in [4.69, 9.17) is 0 Å². The van der Waals surface area contributed by atoms with Crippen LogP contribution in [0.3, 0.4) is 0 Å². The molecular weight excluding hydrogens is 232 g/mol. The zero-order valence-electron chi connectivity index (χ0n) is 12.6. The number of rotatable bonds is 6. The lowest BCUT2D eigenvalue weighted by Crippen LogP contribution is -2.42. The summed E-state index contributed by atoms with van der Waals surface area (Å²) >= 11 is 0. The van der Waals surface area contributed by atoms with E-state index in [9.17, 15) is 0 Å². The Kier molecular flexibility index (Phi) is 5.41. The van der Waals surface area contributed by atoms with E-state index >= 15 is 0 Å². The Morgan fingerprint density at radius 2 is 2.00 bits per heavy atom. The molecule has 106 valence electrons. The van der Waals surface area contributed by atoms with Crippen LogP contribution in [-0.4, -0.2) is 30.1 Å². The van der Waals surface area contributed by atoms with Crippen molar-refractivity contribution in [3.63, 3.8) is 0 Å². The number of hydrogen-bond acceptors (Lipinski definition) is 2. The minimum Gasteiger partial charge on any atom is -0.310 e. The summed E-state index contributed by atoms with van der Waals surface area (Å²) in [5, 5.41) is 3.84. The molecule has 1 saturated heterocycles. The molecule has 0 aliphatic carbocycles. The van der Waals surface area contributed by atoms with E-state index in [1.54, 1.807) is 0 Å². The molecule has 19 heavy (non-hydrogen) atoms. The molecule has 1 N–H and O–H groups in total. The van der Waals surface area contributed by atoms with Crippen molar-refractivity contribution in [3.05, 3.63) is 35.9 Å². The van der Waals surface area contributed by atoms with Crippen LogP contribution in [0.1, 0.15) is 39.2 Å². The lowest BCUT2D eigenvalue weighted by molar-refractivity contribution is 0.299. The van der Waals surface area contributed by atoms with Crippen molar-refractivity contribution < 1.29 is 0 Å². The Hall–Kier alpha value is -0.860. The van der Waals surface area contributed by atoms with Gasteiger partial charge in [0.25, 0.3) is 0 Å². The monoisotopic (exact) mass is 260 g/mol. The molecule has 0 spiro atoms. The van der Waals surface area contributed by atoms with Crippen LogP contribution >= 0.6 is 0 Å². The van der Waals surface area contributed by atoms with Crippen LogP contribution in [0.5, 0.6) is 0 Å². The van der Waals surface area contributed by atoms with Crippen LogP contribution in [0.25, 0.3) is 0 Å². The summed E-state index contributed by atoms with van der Waals surface area (Å²) in [5.41, 5.74) is 1.43. The predicted molar refractivity (Wildman–Crippen MR) is 82.2 cm³/mol. The molecule has 1 heterocycles. The number of nitrogens with zero attached hydrogens (tertiary/aromatic N) is 1. The minimum absolute atomic E-state index is 0.668. The summed E-state index contributed by atoms with van der Waals surface area (Å²) in [6.07, 6.45) is 2.52. The van der Waals surface area contributed by atoms with E-state index in [1.807, 2.05) is 0 Å². The normalized spacial score (nSPS) is 22.0. The molecular formula is C17H28N2. The van der Waals surface area contributed by atoms with Crippen molar-refractivity contribution in [2.24, 2.45) is 5.92 Å². The Morgan fingerprint density at radius 3 is 2.63 bits per heavy atom.